The van der Waals surface area contributed by atoms with E-state index in [2.05, 4.69) is 19.2 Å². The molecular formula is C19H28N2O3. The fourth-order valence-electron chi connectivity index (χ4n) is 3.56. The molecule has 1 saturated heterocycles. The highest BCUT2D eigenvalue weighted by Crippen LogP contribution is 2.26. The molecule has 0 aliphatic carbocycles. The summed E-state index contributed by atoms with van der Waals surface area (Å²) in [6, 6.07) is 9.94. The van der Waals surface area contributed by atoms with Gasteiger partial charge in [0.25, 0.3) is 0 Å². The first kappa shape index (κ1) is 18.3. The number of amides is 2. The predicted molar refractivity (Wildman–Crippen MR) is 93.9 cm³/mol. The van der Waals surface area contributed by atoms with Gasteiger partial charge in [0.15, 0.2) is 0 Å². The first-order valence-electron chi connectivity index (χ1n) is 8.84. The van der Waals surface area contributed by atoms with Crippen molar-refractivity contribution in [3.8, 4) is 0 Å². The van der Waals surface area contributed by atoms with Crippen molar-refractivity contribution in [2.45, 2.75) is 58.0 Å². The van der Waals surface area contributed by atoms with E-state index in [1.165, 1.54) is 0 Å². The maximum absolute atomic E-state index is 12.7. The molecule has 0 saturated carbocycles. The number of likely N-dealkylation sites (tertiary alicyclic amines) is 1. The van der Waals surface area contributed by atoms with Crippen LogP contribution in [0.2, 0.25) is 0 Å². The van der Waals surface area contributed by atoms with Crippen LogP contribution in [-0.4, -0.2) is 40.6 Å². The van der Waals surface area contributed by atoms with Crippen molar-refractivity contribution in [1.29, 1.82) is 0 Å². The Balaban J connectivity index is 2.01. The van der Waals surface area contributed by atoms with Crippen LogP contribution in [0, 0.1) is 5.92 Å². The van der Waals surface area contributed by atoms with Gasteiger partial charge in [0.2, 0.25) is 0 Å². The van der Waals surface area contributed by atoms with Gasteiger partial charge in [0, 0.05) is 25.0 Å². The van der Waals surface area contributed by atoms with E-state index in [4.69, 9.17) is 5.11 Å². The lowest BCUT2D eigenvalue weighted by molar-refractivity contribution is -0.137. The predicted octanol–water partition coefficient (Wildman–Crippen LogP) is 3.29. The Kier molecular flexibility index (Phi) is 6.64. The lowest BCUT2D eigenvalue weighted by Crippen LogP contribution is -2.48. The fourth-order valence-corrected chi connectivity index (χ4v) is 3.56. The summed E-state index contributed by atoms with van der Waals surface area (Å²) in [6.45, 7) is 5.08. The lowest BCUT2D eigenvalue weighted by atomic mass is 10.0. The smallest absolute Gasteiger partial charge is 0.317 e. The molecule has 2 rings (SSSR count). The molecule has 3 atom stereocenters. The first-order valence-corrected chi connectivity index (χ1v) is 8.84. The molecule has 2 N–H and O–H groups in total. The average Bonchev–Trinajstić information content (AvgIpc) is 2.94. The Morgan fingerprint density at radius 2 is 2.04 bits per heavy atom. The average molecular weight is 332 g/mol. The van der Waals surface area contributed by atoms with Crippen LogP contribution >= 0.6 is 0 Å². The maximum Gasteiger partial charge on any atom is 0.317 e. The highest BCUT2D eigenvalue weighted by atomic mass is 16.4. The monoisotopic (exact) mass is 332 g/mol. The number of hydrogen-bond acceptors (Lipinski definition) is 2. The summed E-state index contributed by atoms with van der Waals surface area (Å²) in [5, 5.41) is 12.0. The molecule has 5 nitrogen and oxygen atoms in total. The normalized spacial score (nSPS) is 21.5. The summed E-state index contributed by atoms with van der Waals surface area (Å²) in [6.07, 6.45) is 3.14. The van der Waals surface area contributed by atoms with E-state index in [0.29, 0.717) is 18.8 Å². The molecular weight excluding hydrogens is 304 g/mol. The number of carbonyl (C=O) groups excluding carboxylic acids is 1. The van der Waals surface area contributed by atoms with Gasteiger partial charge in [0.1, 0.15) is 0 Å². The molecule has 1 aliphatic rings. The van der Waals surface area contributed by atoms with Gasteiger partial charge in [-0.05, 0) is 37.2 Å². The molecule has 0 aromatic heterocycles. The number of benzene rings is 1. The van der Waals surface area contributed by atoms with Crippen LogP contribution in [-0.2, 0) is 11.2 Å². The zero-order valence-corrected chi connectivity index (χ0v) is 14.6. The van der Waals surface area contributed by atoms with Crippen molar-refractivity contribution in [2.75, 3.05) is 6.54 Å². The number of urea groups is 1. The van der Waals surface area contributed by atoms with Crippen LogP contribution in [0.5, 0.6) is 0 Å². The van der Waals surface area contributed by atoms with Gasteiger partial charge >= 0.3 is 12.0 Å². The van der Waals surface area contributed by atoms with Crippen molar-refractivity contribution < 1.29 is 14.7 Å². The molecule has 5 heteroatoms. The number of aliphatic carboxylic acids is 1. The van der Waals surface area contributed by atoms with Gasteiger partial charge < -0.3 is 15.3 Å². The minimum atomic E-state index is -0.830. The van der Waals surface area contributed by atoms with Crippen molar-refractivity contribution in [3.05, 3.63) is 35.9 Å². The summed E-state index contributed by atoms with van der Waals surface area (Å²) in [4.78, 5) is 25.5. The number of nitrogens with zero attached hydrogens (tertiary/aromatic N) is 1. The molecule has 0 radical (unpaired) electrons. The van der Waals surface area contributed by atoms with E-state index < -0.39 is 5.97 Å². The number of carboxylic acids is 1. The minimum Gasteiger partial charge on any atom is -0.481 e. The Morgan fingerprint density at radius 1 is 1.33 bits per heavy atom. The third kappa shape index (κ3) is 4.98. The van der Waals surface area contributed by atoms with Crippen LogP contribution in [0.4, 0.5) is 4.79 Å². The minimum absolute atomic E-state index is 0.0579. The van der Waals surface area contributed by atoms with E-state index in [9.17, 15) is 9.59 Å². The Labute approximate surface area is 144 Å². The highest BCUT2D eigenvalue weighted by Gasteiger charge is 2.33. The van der Waals surface area contributed by atoms with Gasteiger partial charge in [-0.2, -0.15) is 0 Å². The molecule has 2 amide bonds. The number of rotatable bonds is 7. The van der Waals surface area contributed by atoms with Gasteiger partial charge in [-0.15, -0.1) is 0 Å². The lowest BCUT2D eigenvalue weighted by Gasteiger charge is -2.29. The standard InChI is InChI=1S/C19H28N2O3/c1-3-17-14(2)11-12-21(17)19(24)20-16(9-10-18(22)23)13-15-7-5-4-6-8-15/h4-8,14,16-17H,3,9-13H2,1-2H3,(H,20,24)(H,22,23). The van der Waals surface area contributed by atoms with Crippen LogP contribution in [0.1, 0.15) is 45.1 Å². The number of hydrogen-bond donors (Lipinski definition) is 2. The molecule has 1 aromatic carbocycles. The second-order valence-corrected chi connectivity index (χ2v) is 6.70. The molecule has 3 unspecified atom stereocenters. The summed E-state index contributed by atoms with van der Waals surface area (Å²) in [5.74, 6) is -0.309. The second kappa shape index (κ2) is 8.71. The van der Waals surface area contributed by atoms with Crippen molar-refractivity contribution in [2.24, 2.45) is 5.92 Å². The highest BCUT2D eigenvalue weighted by molar-refractivity contribution is 5.75. The second-order valence-electron chi connectivity index (χ2n) is 6.70. The molecule has 1 fully saturated rings. The van der Waals surface area contributed by atoms with Crippen LogP contribution in [0.3, 0.4) is 0 Å². The van der Waals surface area contributed by atoms with Crippen molar-refractivity contribution in [3.63, 3.8) is 0 Å². The van der Waals surface area contributed by atoms with E-state index in [1.807, 2.05) is 35.2 Å². The molecule has 24 heavy (non-hydrogen) atoms. The van der Waals surface area contributed by atoms with E-state index in [1.54, 1.807) is 0 Å². The first-order chi connectivity index (χ1) is 11.5. The van der Waals surface area contributed by atoms with Gasteiger partial charge in [-0.25, -0.2) is 4.79 Å². The van der Waals surface area contributed by atoms with Crippen LogP contribution in [0.25, 0.3) is 0 Å². The summed E-state index contributed by atoms with van der Waals surface area (Å²) >= 11 is 0. The number of nitrogens with one attached hydrogen (secondary N) is 1. The third-order valence-corrected chi connectivity index (χ3v) is 4.92. The molecule has 132 valence electrons. The summed E-state index contributed by atoms with van der Waals surface area (Å²) < 4.78 is 0. The summed E-state index contributed by atoms with van der Waals surface area (Å²) in [5.41, 5.74) is 1.11. The largest absolute Gasteiger partial charge is 0.481 e. The van der Waals surface area contributed by atoms with Gasteiger partial charge in [-0.3, -0.25) is 4.79 Å². The Morgan fingerprint density at radius 3 is 2.67 bits per heavy atom. The Hall–Kier alpha value is -2.04. The van der Waals surface area contributed by atoms with Crippen LogP contribution < -0.4 is 5.32 Å². The van der Waals surface area contributed by atoms with Crippen molar-refractivity contribution >= 4 is 12.0 Å². The summed E-state index contributed by atoms with van der Waals surface area (Å²) in [7, 11) is 0. The van der Waals surface area contributed by atoms with E-state index in [0.717, 1.165) is 24.9 Å². The third-order valence-electron chi connectivity index (χ3n) is 4.92. The Bertz CT molecular complexity index is 547. The van der Waals surface area contributed by atoms with E-state index >= 15 is 0 Å². The molecule has 0 spiro atoms. The van der Waals surface area contributed by atoms with Crippen LogP contribution in [0.15, 0.2) is 30.3 Å². The van der Waals surface area contributed by atoms with Crippen molar-refractivity contribution in [1.82, 2.24) is 10.2 Å². The number of carbonyl (C=O) groups is 2. The molecule has 1 heterocycles. The fraction of sp³-hybridized carbons (Fsp3) is 0.579. The molecule has 1 aromatic rings. The molecule has 1 aliphatic heterocycles. The number of carboxylic acid groups (broad SMARTS) is 1. The zero-order valence-electron chi connectivity index (χ0n) is 14.6. The van der Waals surface area contributed by atoms with Gasteiger partial charge in [-0.1, -0.05) is 44.2 Å². The SMILES string of the molecule is CCC1C(C)CCN1C(=O)NC(CCC(=O)O)Cc1ccccc1. The maximum atomic E-state index is 12.7. The van der Waals surface area contributed by atoms with Gasteiger partial charge in [0.05, 0.1) is 0 Å². The van der Waals surface area contributed by atoms with E-state index in [-0.39, 0.29) is 24.5 Å². The quantitative estimate of drug-likeness (QED) is 0.805. The molecule has 0 bridgehead atoms. The topological polar surface area (TPSA) is 69.6 Å². The zero-order chi connectivity index (χ0) is 17.5.